The molecule has 0 saturated carbocycles. The van der Waals surface area contributed by atoms with Crippen LogP contribution < -0.4 is 11.1 Å². The minimum absolute atomic E-state index is 0.402. The monoisotopic (exact) mass is 325 g/mol. The molecule has 1 aliphatic heterocycles. The fourth-order valence-electron chi connectivity index (χ4n) is 2.87. The fraction of sp³-hybridized carbons (Fsp3) is 0.562. The number of benzene rings is 1. The second-order valence-corrected chi connectivity index (χ2v) is 6.59. The van der Waals surface area contributed by atoms with Crippen molar-refractivity contribution in [2.24, 2.45) is 5.73 Å². The minimum Gasteiger partial charge on any atom is -0.389 e. The van der Waals surface area contributed by atoms with E-state index in [1.807, 2.05) is 18.2 Å². The lowest BCUT2D eigenvalue weighted by Gasteiger charge is -2.33. The van der Waals surface area contributed by atoms with E-state index in [-0.39, 0.29) is 0 Å². The molecule has 5 heteroatoms. The Bertz CT molecular complexity index is 492. The summed E-state index contributed by atoms with van der Waals surface area (Å²) >= 11 is 11.1. The highest BCUT2D eigenvalue weighted by molar-refractivity contribution is 7.80. The summed E-state index contributed by atoms with van der Waals surface area (Å²) in [5.74, 6) is 0. The van der Waals surface area contributed by atoms with Gasteiger partial charge < -0.3 is 16.0 Å². The smallest absolute Gasteiger partial charge is 0.106 e. The third kappa shape index (κ3) is 4.83. The summed E-state index contributed by atoms with van der Waals surface area (Å²) in [5, 5.41) is 4.11. The van der Waals surface area contributed by atoms with E-state index in [0.29, 0.717) is 10.0 Å². The molecule has 2 rings (SSSR count). The zero-order valence-corrected chi connectivity index (χ0v) is 14.1. The highest BCUT2D eigenvalue weighted by Crippen LogP contribution is 2.21. The van der Waals surface area contributed by atoms with Crippen molar-refractivity contribution >= 4 is 34.5 Å². The Labute approximate surface area is 137 Å². The molecule has 1 saturated heterocycles. The van der Waals surface area contributed by atoms with E-state index in [0.717, 1.165) is 36.8 Å². The molecule has 1 aromatic carbocycles. The van der Waals surface area contributed by atoms with Crippen molar-refractivity contribution in [1.82, 2.24) is 4.90 Å². The van der Waals surface area contributed by atoms with Gasteiger partial charge >= 0.3 is 0 Å². The van der Waals surface area contributed by atoms with Gasteiger partial charge in [0.15, 0.2) is 0 Å². The summed E-state index contributed by atoms with van der Waals surface area (Å²) in [4.78, 5) is 2.98. The molecule has 0 bridgehead atoms. The first kappa shape index (κ1) is 16.5. The van der Waals surface area contributed by atoms with Gasteiger partial charge in [0.05, 0.1) is 0 Å². The predicted octanol–water partition coefficient (Wildman–Crippen LogP) is 3.65. The minimum atomic E-state index is 0.402. The summed E-state index contributed by atoms with van der Waals surface area (Å²) in [6, 6.07) is 6.30. The van der Waals surface area contributed by atoms with E-state index in [1.165, 1.54) is 25.8 Å². The Morgan fingerprint density at radius 3 is 3.00 bits per heavy atom. The first-order chi connectivity index (χ1) is 10.1. The molecule has 1 fully saturated rings. The lowest BCUT2D eigenvalue weighted by atomic mass is 10.0. The number of halogens is 1. The second kappa shape index (κ2) is 7.97. The van der Waals surface area contributed by atoms with Crippen LogP contribution in [0.4, 0.5) is 5.69 Å². The molecule has 3 nitrogen and oxygen atoms in total. The van der Waals surface area contributed by atoms with Crippen molar-refractivity contribution in [3.05, 3.63) is 28.8 Å². The number of nitrogens with two attached hydrogens (primary N) is 1. The summed E-state index contributed by atoms with van der Waals surface area (Å²) < 4.78 is 0. The fourth-order valence-corrected chi connectivity index (χ4v) is 3.22. The van der Waals surface area contributed by atoms with Crippen LogP contribution in [0.1, 0.15) is 38.2 Å². The molecule has 1 aliphatic rings. The van der Waals surface area contributed by atoms with Crippen LogP contribution in [0.15, 0.2) is 18.2 Å². The normalized spacial score (nSPS) is 19.4. The molecule has 0 aromatic heterocycles. The van der Waals surface area contributed by atoms with Crippen molar-refractivity contribution in [3.63, 3.8) is 0 Å². The molecule has 1 heterocycles. The van der Waals surface area contributed by atoms with Crippen molar-refractivity contribution in [2.45, 2.75) is 38.6 Å². The Morgan fingerprint density at radius 2 is 2.29 bits per heavy atom. The van der Waals surface area contributed by atoms with E-state index in [1.54, 1.807) is 0 Å². The van der Waals surface area contributed by atoms with Crippen LogP contribution >= 0.6 is 23.8 Å². The maximum absolute atomic E-state index is 6.04. The van der Waals surface area contributed by atoms with Crippen LogP contribution in [0, 0.1) is 0 Å². The molecular weight excluding hydrogens is 302 g/mol. The van der Waals surface area contributed by atoms with E-state index in [9.17, 15) is 0 Å². The average Bonchev–Trinajstić information content (AvgIpc) is 2.45. The number of piperidine rings is 1. The van der Waals surface area contributed by atoms with Gasteiger partial charge in [0.2, 0.25) is 0 Å². The number of nitrogens with one attached hydrogen (secondary N) is 1. The molecule has 0 radical (unpaired) electrons. The second-order valence-electron chi connectivity index (χ2n) is 5.72. The van der Waals surface area contributed by atoms with Gasteiger partial charge in [-0.05, 0) is 50.9 Å². The first-order valence-electron chi connectivity index (χ1n) is 7.65. The molecule has 1 atom stereocenters. The number of anilines is 1. The van der Waals surface area contributed by atoms with Gasteiger partial charge in [-0.15, -0.1) is 0 Å². The Kier molecular flexibility index (Phi) is 6.27. The average molecular weight is 326 g/mol. The number of rotatable bonds is 6. The molecule has 116 valence electrons. The van der Waals surface area contributed by atoms with Gasteiger partial charge in [-0.1, -0.05) is 30.2 Å². The Hall–Kier alpha value is -0.840. The van der Waals surface area contributed by atoms with Gasteiger partial charge in [-0.3, -0.25) is 0 Å². The third-order valence-electron chi connectivity index (χ3n) is 4.13. The lowest BCUT2D eigenvalue weighted by molar-refractivity contribution is 0.160. The number of likely N-dealkylation sites (tertiary alicyclic amines) is 1. The molecule has 0 spiro atoms. The van der Waals surface area contributed by atoms with Crippen LogP contribution in [0.5, 0.6) is 0 Å². The van der Waals surface area contributed by atoms with E-state index < -0.39 is 0 Å². The predicted molar refractivity (Wildman–Crippen MR) is 95.3 cm³/mol. The molecule has 1 aromatic rings. The van der Waals surface area contributed by atoms with Crippen LogP contribution in [-0.4, -0.2) is 35.6 Å². The summed E-state index contributed by atoms with van der Waals surface area (Å²) in [5.41, 5.74) is 7.54. The zero-order chi connectivity index (χ0) is 15.2. The van der Waals surface area contributed by atoms with Gasteiger partial charge in [-0.2, -0.15) is 0 Å². The maximum Gasteiger partial charge on any atom is 0.106 e. The highest BCUT2D eigenvalue weighted by atomic mass is 35.5. The quantitative estimate of drug-likeness (QED) is 0.619. The maximum atomic E-state index is 6.04. The molecule has 21 heavy (non-hydrogen) atoms. The van der Waals surface area contributed by atoms with Gasteiger partial charge in [0.25, 0.3) is 0 Å². The van der Waals surface area contributed by atoms with Crippen LogP contribution in [0.2, 0.25) is 5.02 Å². The van der Waals surface area contributed by atoms with E-state index >= 15 is 0 Å². The molecule has 0 aliphatic carbocycles. The topological polar surface area (TPSA) is 41.3 Å². The molecule has 0 amide bonds. The number of nitrogens with zero attached hydrogens (tertiary/aromatic N) is 1. The summed E-state index contributed by atoms with van der Waals surface area (Å²) in [6.45, 7) is 5.60. The Morgan fingerprint density at radius 1 is 1.48 bits per heavy atom. The van der Waals surface area contributed by atoms with Gasteiger partial charge in [0.1, 0.15) is 4.99 Å². The number of thiocarbonyl (C=S) groups is 1. The van der Waals surface area contributed by atoms with Crippen LogP contribution in [0.3, 0.4) is 0 Å². The van der Waals surface area contributed by atoms with Crippen molar-refractivity contribution in [2.75, 3.05) is 25.0 Å². The van der Waals surface area contributed by atoms with E-state index in [2.05, 4.69) is 17.1 Å². The van der Waals surface area contributed by atoms with Gasteiger partial charge in [-0.25, -0.2) is 0 Å². The number of hydrogen-bond acceptors (Lipinski definition) is 3. The molecular formula is C16H24ClN3S. The lowest BCUT2D eigenvalue weighted by Crippen LogP contribution is -2.38. The van der Waals surface area contributed by atoms with E-state index in [4.69, 9.17) is 29.6 Å². The molecule has 3 N–H and O–H groups in total. The SMILES string of the molecule is CC1CCCCN1CCCNc1cc(Cl)ccc1C(N)=S. The summed E-state index contributed by atoms with van der Waals surface area (Å²) in [7, 11) is 0. The Balaban J connectivity index is 1.83. The summed E-state index contributed by atoms with van der Waals surface area (Å²) in [6.07, 6.45) is 5.13. The standard InChI is InChI=1S/C16H24ClN3S/c1-12-5-2-3-9-20(12)10-4-8-19-15-11-13(17)6-7-14(15)16(18)21/h6-7,11-12,19H,2-5,8-10H2,1H3,(H2,18,21). The van der Waals surface area contributed by atoms with Crippen molar-refractivity contribution in [1.29, 1.82) is 0 Å². The first-order valence-corrected chi connectivity index (χ1v) is 8.44. The zero-order valence-electron chi connectivity index (χ0n) is 12.6. The largest absolute Gasteiger partial charge is 0.389 e. The van der Waals surface area contributed by atoms with Crippen LogP contribution in [0.25, 0.3) is 0 Å². The molecule has 1 unspecified atom stereocenters. The highest BCUT2D eigenvalue weighted by Gasteiger charge is 2.17. The van der Waals surface area contributed by atoms with Gasteiger partial charge in [0, 0.05) is 35.4 Å². The van der Waals surface area contributed by atoms with Crippen LogP contribution in [-0.2, 0) is 0 Å². The van der Waals surface area contributed by atoms with Crippen molar-refractivity contribution < 1.29 is 0 Å². The van der Waals surface area contributed by atoms with Crippen molar-refractivity contribution in [3.8, 4) is 0 Å². The number of hydrogen-bond donors (Lipinski definition) is 2. The third-order valence-corrected chi connectivity index (χ3v) is 4.58.